The molecule has 148 valence electrons. The second-order valence-electron chi connectivity index (χ2n) is 6.01. The van der Waals surface area contributed by atoms with Crippen molar-refractivity contribution in [1.29, 1.82) is 0 Å². The first-order valence-corrected chi connectivity index (χ1v) is 8.57. The summed E-state index contributed by atoms with van der Waals surface area (Å²) in [5.74, 6) is -1.07. The molecule has 0 heterocycles. The highest BCUT2D eigenvalue weighted by Gasteiger charge is 2.22. The van der Waals surface area contributed by atoms with E-state index in [2.05, 4.69) is 5.32 Å². The van der Waals surface area contributed by atoms with E-state index in [4.69, 9.17) is 15.2 Å². The maximum absolute atomic E-state index is 12.3. The number of carbonyl (C=O) groups excluding carboxylic acids is 2. The highest BCUT2D eigenvalue weighted by atomic mass is 16.5. The zero-order valence-corrected chi connectivity index (χ0v) is 15.4. The molecule has 0 saturated carbocycles. The number of ether oxygens (including phenoxy) is 2. The van der Waals surface area contributed by atoms with Crippen molar-refractivity contribution in [2.75, 3.05) is 12.8 Å². The van der Waals surface area contributed by atoms with Crippen LogP contribution >= 0.6 is 0 Å². The topological polar surface area (TPSA) is 128 Å². The molecule has 0 aliphatic carbocycles. The number of alkyl carbamates (subject to hydrolysis) is 1. The summed E-state index contributed by atoms with van der Waals surface area (Å²) in [6, 6.07) is 12.4. The molecule has 8 nitrogen and oxygen atoms in total. The number of hydrogen-bond acceptors (Lipinski definition) is 6. The smallest absolute Gasteiger partial charge is 0.408 e. The fourth-order valence-corrected chi connectivity index (χ4v) is 2.50. The molecule has 2 rings (SSSR count). The van der Waals surface area contributed by atoms with Gasteiger partial charge in [-0.05, 0) is 24.1 Å². The average molecular weight is 386 g/mol. The van der Waals surface area contributed by atoms with Crippen LogP contribution in [0.5, 0.6) is 5.75 Å². The molecular formula is C20H22N2O6. The Hall–Kier alpha value is -3.55. The Morgan fingerprint density at radius 2 is 1.86 bits per heavy atom. The van der Waals surface area contributed by atoms with Crippen molar-refractivity contribution in [3.8, 4) is 5.75 Å². The number of nitrogens with one attached hydrogen (secondary N) is 1. The minimum Gasteiger partial charge on any atom is -0.497 e. The molecule has 0 radical (unpaired) electrons. The molecule has 1 atom stereocenters. The van der Waals surface area contributed by atoms with E-state index < -0.39 is 18.1 Å². The van der Waals surface area contributed by atoms with Crippen LogP contribution in [0, 0.1) is 0 Å². The second-order valence-corrected chi connectivity index (χ2v) is 6.01. The zero-order valence-electron chi connectivity index (χ0n) is 15.4. The largest absolute Gasteiger partial charge is 0.497 e. The van der Waals surface area contributed by atoms with Gasteiger partial charge in [-0.25, -0.2) is 9.59 Å². The van der Waals surface area contributed by atoms with Crippen LogP contribution < -0.4 is 15.8 Å². The standard InChI is InChI=1S/C20H22N2O6/c1-27-14-7-8-15(16(21)11-14)18(23)10-9-17(19(24)25)22-20(26)28-12-13-5-3-2-4-6-13/h2-8,11,17H,9-10,12,21H2,1H3,(H,22,26)(H,24,25). The molecule has 0 bridgehead atoms. The van der Waals surface area contributed by atoms with Crippen LogP contribution in [0.2, 0.25) is 0 Å². The zero-order chi connectivity index (χ0) is 20.5. The van der Waals surface area contributed by atoms with Gasteiger partial charge in [-0.15, -0.1) is 0 Å². The molecule has 1 unspecified atom stereocenters. The van der Waals surface area contributed by atoms with Gasteiger partial charge in [0.2, 0.25) is 0 Å². The predicted molar refractivity (Wildman–Crippen MR) is 102 cm³/mol. The first-order chi connectivity index (χ1) is 13.4. The number of Topliss-reactive ketones (excluding diaryl/α,β-unsaturated/α-hetero) is 1. The van der Waals surface area contributed by atoms with Gasteiger partial charge in [0.25, 0.3) is 0 Å². The number of carbonyl (C=O) groups is 3. The van der Waals surface area contributed by atoms with E-state index in [0.717, 1.165) is 5.56 Å². The van der Waals surface area contributed by atoms with Crippen LogP contribution in [0.15, 0.2) is 48.5 Å². The van der Waals surface area contributed by atoms with Gasteiger partial charge in [-0.3, -0.25) is 4.79 Å². The van der Waals surface area contributed by atoms with Crippen LogP contribution in [-0.2, 0) is 16.1 Å². The fraction of sp³-hybridized carbons (Fsp3) is 0.250. The SMILES string of the molecule is COc1ccc(C(=O)CCC(NC(=O)OCc2ccccc2)C(=O)O)c(N)c1. The number of amides is 1. The predicted octanol–water partition coefficient (Wildman–Crippen LogP) is 2.62. The second kappa shape index (κ2) is 9.96. The third kappa shape index (κ3) is 6.01. The number of carboxylic acid groups (broad SMARTS) is 1. The van der Waals surface area contributed by atoms with E-state index in [1.165, 1.54) is 19.2 Å². The normalized spacial score (nSPS) is 11.3. The molecule has 0 fully saturated rings. The van der Waals surface area contributed by atoms with Crippen LogP contribution in [-0.4, -0.2) is 36.1 Å². The summed E-state index contributed by atoms with van der Waals surface area (Å²) in [5.41, 5.74) is 7.12. The summed E-state index contributed by atoms with van der Waals surface area (Å²) in [5, 5.41) is 11.6. The van der Waals surface area contributed by atoms with Crippen LogP contribution in [0.1, 0.15) is 28.8 Å². The molecule has 0 spiro atoms. The minimum absolute atomic E-state index is 0.0142. The van der Waals surface area contributed by atoms with Crippen molar-refractivity contribution in [2.45, 2.75) is 25.5 Å². The summed E-state index contributed by atoms with van der Waals surface area (Å²) in [6.45, 7) is 0.0142. The third-order valence-electron chi connectivity index (χ3n) is 4.02. The number of nitrogen functional groups attached to an aromatic ring is 1. The lowest BCUT2D eigenvalue weighted by atomic mass is 10.0. The van der Waals surface area contributed by atoms with Gasteiger partial charge in [-0.1, -0.05) is 30.3 Å². The van der Waals surface area contributed by atoms with E-state index >= 15 is 0 Å². The molecule has 2 aromatic carbocycles. The summed E-state index contributed by atoms with van der Waals surface area (Å²) in [6.07, 6.45) is -1.07. The molecule has 0 aromatic heterocycles. The minimum atomic E-state index is -1.26. The number of hydrogen-bond donors (Lipinski definition) is 3. The summed E-state index contributed by atoms with van der Waals surface area (Å²) < 4.78 is 10.0. The van der Waals surface area contributed by atoms with Gasteiger partial charge in [0.05, 0.1) is 7.11 Å². The van der Waals surface area contributed by atoms with Gasteiger partial charge >= 0.3 is 12.1 Å². The van der Waals surface area contributed by atoms with Crippen LogP contribution in [0.4, 0.5) is 10.5 Å². The van der Waals surface area contributed by atoms with Crippen molar-refractivity contribution in [1.82, 2.24) is 5.32 Å². The lowest BCUT2D eigenvalue weighted by Crippen LogP contribution is -2.41. The maximum Gasteiger partial charge on any atom is 0.408 e. The molecule has 0 saturated heterocycles. The van der Waals surface area contributed by atoms with Crippen molar-refractivity contribution >= 4 is 23.5 Å². The van der Waals surface area contributed by atoms with Gasteiger partial charge in [0.15, 0.2) is 5.78 Å². The molecule has 4 N–H and O–H groups in total. The lowest BCUT2D eigenvalue weighted by molar-refractivity contribution is -0.139. The molecular weight excluding hydrogens is 364 g/mol. The maximum atomic E-state index is 12.3. The quantitative estimate of drug-likeness (QED) is 0.446. The number of methoxy groups -OCH3 is 1. The third-order valence-corrected chi connectivity index (χ3v) is 4.02. The first-order valence-electron chi connectivity index (χ1n) is 8.57. The van der Waals surface area contributed by atoms with E-state index in [1.54, 1.807) is 30.3 Å². The number of aliphatic carboxylic acids is 1. The summed E-state index contributed by atoms with van der Waals surface area (Å²) in [7, 11) is 1.48. The number of anilines is 1. The highest BCUT2D eigenvalue weighted by molar-refractivity contribution is 6.01. The summed E-state index contributed by atoms with van der Waals surface area (Å²) >= 11 is 0. The van der Waals surface area contributed by atoms with Gasteiger partial charge < -0.3 is 25.6 Å². The van der Waals surface area contributed by atoms with E-state index in [1.807, 2.05) is 6.07 Å². The Morgan fingerprint density at radius 3 is 2.46 bits per heavy atom. The molecule has 28 heavy (non-hydrogen) atoms. The van der Waals surface area contributed by atoms with Crippen LogP contribution in [0.25, 0.3) is 0 Å². The lowest BCUT2D eigenvalue weighted by Gasteiger charge is -2.15. The Balaban J connectivity index is 1.89. The van der Waals surface area contributed by atoms with Crippen molar-refractivity contribution in [3.05, 3.63) is 59.7 Å². The number of carboxylic acids is 1. The van der Waals surface area contributed by atoms with E-state index in [9.17, 15) is 19.5 Å². The molecule has 8 heteroatoms. The molecule has 2 aromatic rings. The fourth-order valence-electron chi connectivity index (χ4n) is 2.50. The first kappa shape index (κ1) is 20.8. The Bertz CT molecular complexity index is 838. The average Bonchev–Trinajstić information content (AvgIpc) is 2.69. The van der Waals surface area contributed by atoms with Crippen molar-refractivity contribution < 1.29 is 29.0 Å². The summed E-state index contributed by atoms with van der Waals surface area (Å²) in [4.78, 5) is 35.6. The van der Waals surface area contributed by atoms with Crippen molar-refractivity contribution in [2.24, 2.45) is 0 Å². The Morgan fingerprint density at radius 1 is 1.14 bits per heavy atom. The van der Waals surface area contributed by atoms with Crippen molar-refractivity contribution in [3.63, 3.8) is 0 Å². The number of benzene rings is 2. The van der Waals surface area contributed by atoms with Crippen LogP contribution in [0.3, 0.4) is 0 Å². The van der Waals surface area contributed by atoms with E-state index in [0.29, 0.717) is 5.75 Å². The molecule has 1 amide bonds. The van der Waals surface area contributed by atoms with Gasteiger partial charge in [-0.2, -0.15) is 0 Å². The molecule has 0 aliphatic rings. The number of rotatable bonds is 9. The van der Waals surface area contributed by atoms with Gasteiger partial charge in [0, 0.05) is 23.7 Å². The van der Waals surface area contributed by atoms with E-state index in [-0.39, 0.29) is 36.5 Å². The molecule has 0 aliphatic heterocycles. The Kier molecular flexibility index (Phi) is 7.38. The number of ketones is 1. The monoisotopic (exact) mass is 386 g/mol. The number of nitrogens with two attached hydrogens (primary N) is 1. The highest BCUT2D eigenvalue weighted by Crippen LogP contribution is 2.21. The Labute approximate surface area is 162 Å². The van der Waals surface area contributed by atoms with Gasteiger partial charge in [0.1, 0.15) is 18.4 Å².